The number of anilines is 1. The molecule has 0 saturated carbocycles. The standard InChI is InChI=1S/C12H10N2O2S3/c13-7-9-3-4-11(14-19(15)16)10(6-9)8-18-12-2-1-5-17-12/h1-6,14H,8H2,(H,15,16)/p-1. The average Bonchev–Trinajstić information content (AvgIpc) is 2.90. The van der Waals surface area contributed by atoms with Gasteiger partial charge in [0.15, 0.2) is 0 Å². The second kappa shape index (κ2) is 6.73. The van der Waals surface area contributed by atoms with Gasteiger partial charge in [0.2, 0.25) is 0 Å². The Bertz CT molecular complexity index is 620. The summed E-state index contributed by atoms with van der Waals surface area (Å²) < 4.78 is 25.0. The highest BCUT2D eigenvalue weighted by atomic mass is 32.2. The molecule has 1 unspecified atom stereocenters. The number of thiophene rings is 1. The first-order valence-corrected chi connectivity index (χ1v) is 8.18. The van der Waals surface area contributed by atoms with Crippen molar-refractivity contribution in [2.24, 2.45) is 0 Å². The molecule has 0 spiro atoms. The van der Waals surface area contributed by atoms with Gasteiger partial charge in [-0.2, -0.15) is 5.26 Å². The highest BCUT2D eigenvalue weighted by molar-refractivity contribution is 8.00. The first-order chi connectivity index (χ1) is 9.19. The number of hydrogen-bond acceptors (Lipinski definition) is 5. The Labute approximate surface area is 121 Å². The van der Waals surface area contributed by atoms with E-state index in [1.54, 1.807) is 41.3 Å². The van der Waals surface area contributed by atoms with E-state index >= 15 is 0 Å². The molecule has 1 aromatic carbocycles. The fourth-order valence-electron chi connectivity index (χ4n) is 1.47. The predicted molar refractivity (Wildman–Crippen MR) is 77.6 cm³/mol. The molecule has 2 aromatic rings. The Balaban J connectivity index is 2.20. The van der Waals surface area contributed by atoms with Crippen LogP contribution >= 0.6 is 23.1 Å². The lowest BCUT2D eigenvalue weighted by atomic mass is 10.1. The van der Waals surface area contributed by atoms with E-state index in [4.69, 9.17) is 5.26 Å². The van der Waals surface area contributed by atoms with Crippen LogP contribution in [0.3, 0.4) is 0 Å². The van der Waals surface area contributed by atoms with Gasteiger partial charge in [0.25, 0.3) is 0 Å². The number of rotatable bonds is 5. The van der Waals surface area contributed by atoms with Gasteiger partial charge >= 0.3 is 0 Å². The Hall–Kier alpha value is -1.33. The van der Waals surface area contributed by atoms with Gasteiger partial charge in [-0.25, -0.2) is 0 Å². The fourth-order valence-corrected chi connectivity index (χ4v) is 3.62. The Kier molecular flexibility index (Phi) is 4.99. The minimum absolute atomic E-state index is 0.511. The molecule has 0 aliphatic carbocycles. The normalized spacial score (nSPS) is 11.8. The first-order valence-electron chi connectivity index (χ1n) is 5.24. The van der Waals surface area contributed by atoms with E-state index in [0.29, 0.717) is 17.0 Å². The number of benzene rings is 1. The maximum atomic E-state index is 10.7. The van der Waals surface area contributed by atoms with Crippen molar-refractivity contribution in [2.75, 3.05) is 4.72 Å². The molecule has 0 radical (unpaired) electrons. The van der Waals surface area contributed by atoms with Crippen LogP contribution in [0.5, 0.6) is 0 Å². The van der Waals surface area contributed by atoms with Crippen LogP contribution in [0.4, 0.5) is 5.69 Å². The van der Waals surface area contributed by atoms with Gasteiger partial charge in [-0.3, -0.25) is 4.21 Å². The summed E-state index contributed by atoms with van der Waals surface area (Å²) in [4.78, 5) is 0. The lowest BCUT2D eigenvalue weighted by Gasteiger charge is -2.13. The molecule has 0 aliphatic rings. The van der Waals surface area contributed by atoms with E-state index in [2.05, 4.69) is 10.8 Å². The van der Waals surface area contributed by atoms with Crippen LogP contribution in [-0.4, -0.2) is 8.76 Å². The van der Waals surface area contributed by atoms with Gasteiger partial charge in [-0.15, -0.1) is 23.1 Å². The summed E-state index contributed by atoms with van der Waals surface area (Å²) in [6.45, 7) is 0. The topological polar surface area (TPSA) is 76.0 Å². The summed E-state index contributed by atoms with van der Waals surface area (Å²) in [5.74, 6) is 0.607. The van der Waals surface area contributed by atoms with Crippen LogP contribution in [-0.2, 0) is 17.0 Å². The molecule has 1 N–H and O–H groups in total. The summed E-state index contributed by atoms with van der Waals surface area (Å²) in [5.41, 5.74) is 1.82. The first kappa shape index (κ1) is 14.1. The Morgan fingerprint density at radius 1 is 1.47 bits per heavy atom. The third kappa shape index (κ3) is 4.08. The molecule has 7 heteroatoms. The maximum Gasteiger partial charge on any atom is 0.0991 e. The van der Waals surface area contributed by atoms with Crippen molar-refractivity contribution in [2.45, 2.75) is 9.96 Å². The summed E-state index contributed by atoms with van der Waals surface area (Å²) >= 11 is 0.871. The summed E-state index contributed by atoms with van der Waals surface area (Å²) in [7, 11) is 0. The third-order valence-electron chi connectivity index (χ3n) is 2.29. The van der Waals surface area contributed by atoms with Gasteiger partial charge in [0, 0.05) is 22.7 Å². The van der Waals surface area contributed by atoms with Gasteiger partial charge < -0.3 is 9.27 Å². The number of nitriles is 1. The minimum atomic E-state index is -2.37. The molecule has 0 aliphatic heterocycles. The molecular formula is C12H9N2O2S3-. The molecule has 2 rings (SSSR count). The van der Waals surface area contributed by atoms with Gasteiger partial charge in [-0.05, 0) is 35.2 Å². The molecule has 1 atom stereocenters. The summed E-state index contributed by atoms with van der Waals surface area (Å²) in [6, 6.07) is 10.9. The van der Waals surface area contributed by atoms with Crippen molar-refractivity contribution >= 4 is 40.1 Å². The van der Waals surface area contributed by atoms with E-state index in [-0.39, 0.29) is 0 Å². The monoisotopic (exact) mass is 309 g/mol. The number of hydrogen-bond donors (Lipinski definition) is 1. The van der Waals surface area contributed by atoms with Crippen LogP contribution in [0.15, 0.2) is 39.9 Å². The average molecular weight is 309 g/mol. The van der Waals surface area contributed by atoms with Crippen molar-refractivity contribution in [1.29, 1.82) is 5.26 Å². The van der Waals surface area contributed by atoms with E-state index in [1.165, 1.54) is 0 Å². The predicted octanol–water partition coefficient (Wildman–Crippen LogP) is 3.12. The van der Waals surface area contributed by atoms with Crippen LogP contribution < -0.4 is 4.72 Å². The van der Waals surface area contributed by atoms with Crippen LogP contribution in [0, 0.1) is 11.3 Å². The largest absolute Gasteiger partial charge is 0.755 e. The second-order valence-corrected chi connectivity index (χ2v) is 6.44. The molecule has 98 valence electrons. The van der Waals surface area contributed by atoms with Gasteiger partial charge in [0.1, 0.15) is 0 Å². The molecule has 0 bridgehead atoms. The smallest absolute Gasteiger partial charge is 0.0991 e. The van der Waals surface area contributed by atoms with Crippen molar-refractivity contribution in [3.05, 3.63) is 46.8 Å². The zero-order chi connectivity index (χ0) is 13.7. The molecule has 19 heavy (non-hydrogen) atoms. The zero-order valence-electron chi connectivity index (χ0n) is 9.66. The van der Waals surface area contributed by atoms with Gasteiger partial charge in [0.05, 0.1) is 15.8 Å². The van der Waals surface area contributed by atoms with Crippen LogP contribution in [0.25, 0.3) is 0 Å². The number of nitrogens with one attached hydrogen (secondary N) is 1. The molecular weight excluding hydrogens is 300 g/mol. The van der Waals surface area contributed by atoms with E-state index in [9.17, 15) is 8.76 Å². The summed E-state index contributed by atoms with van der Waals surface area (Å²) in [5, 5.41) is 10.9. The molecule has 1 heterocycles. The van der Waals surface area contributed by atoms with E-state index < -0.39 is 11.3 Å². The Morgan fingerprint density at radius 2 is 2.32 bits per heavy atom. The van der Waals surface area contributed by atoms with E-state index in [1.807, 2.05) is 17.5 Å². The highest BCUT2D eigenvalue weighted by Crippen LogP contribution is 2.30. The maximum absolute atomic E-state index is 10.7. The zero-order valence-corrected chi connectivity index (χ0v) is 12.1. The Morgan fingerprint density at radius 3 is 2.95 bits per heavy atom. The number of thioether (sulfide) groups is 1. The fraction of sp³-hybridized carbons (Fsp3) is 0.0833. The summed E-state index contributed by atoms with van der Waals surface area (Å²) in [6.07, 6.45) is 0. The second-order valence-electron chi connectivity index (χ2n) is 3.54. The minimum Gasteiger partial charge on any atom is -0.755 e. The van der Waals surface area contributed by atoms with Gasteiger partial charge in [-0.1, -0.05) is 6.07 Å². The van der Waals surface area contributed by atoms with Crippen molar-refractivity contribution in [1.82, 2.24) is 0 Å². The van der Waals surface area contributed by atoms with Crippen LogP contribution in [0.2, 0.25) is 0 Å². The quantitative estimate of drug-likeness (QED) is 0.680. The lowest BCUT2D eigenvalue weighted by Crippen LogP contribution is -2.04. The SMILES string of the molecule is N#Cc1ccc(NS(=O)[O-])c(CSc2cccs2)c1. The molecule has 0 amide bonds. The molecule has 1 aromatic heterocycles. The lowest BCUT2D eigenvalue weighted by molar-refractivity contribution is 0.542. The highest BCUT2D eigenvalue weighted by Gasteiger charge is 2.05. The molecule has 4 nitrogen and oxygen atoms in total. The van der Waals surface area contributed by atoms with Crippen molar-refractivity contribution < 1.29 is 8.76 Å². The third-order valence-corrected chi connectivity index (χ3v) is 4.86. The van der Waals surface area contributed by atoms with Crippen molar-refractivity contribution in [3.63, 3.8) is 0 Å². The van der Waals surface area contributed by atoms with E-state index in [0.717, 1.165) is 9.77 Å². The van der Waals surface area contributed by atoms with Crippen molar-refractivity contribution in [3.8, 4) is 6.07 Å². The van der Waals surface area contributed by atoms with Crippen LogP contribution in [0.1, 0.15) is 11.1 Å². The number of nitrogens with zero attached hydrogens (tertiary/aromatic N) is 1. The molecule has 0 saturated heterocycles. The molecule has 0 fully saturated rings.